The highest BCUT2D eigenvalue weighted by Gasteiger charge is 2.06. The van der Waals surface area contributed by atoms with Gasteiger partial charge in [-0.3, -0.25) is 0 Å². The Balaban J connectivity index is 2.92. The Bertz CT molecular complexity index is 438. The Labute approximate surface area is 95.0 Å². The van der Waals surface area contributed by atoms with Gasteiger partial charge in [0.05, 0.1) is 4.70 Å². The fourth-order valence-electron chi connectivity index (χ4n) is 1.03. The summed E-state index contributed by atoms with van der Waals surface area (Å²) in [5.74, 6) is -0.130. The standard InChI is InChI=1S/C8H3BrFIS/c9-6-2-4(11)1-5-7(10)3-12-8(5)6/h1-3H. The van der Waals surface area contributed by atoms with Crippen molar-refractivity contribution in [2.75, 3.05) is 0 Å². The molecule has 0 atom stereocenters. The summed E-state index contributed by atoms with van der Waals surface area (Å²) in [7, 11) is 0. The van der Waals surface area contributed by atoms with Crippen LogP contribution in [0.1, 0.15) is 0 Å². The van der Waals surface area contributed by atoms with Gasteiger partial charge in [-0.2, -0.15) is 0 Å². The molecule has 1 aromatic heterocycles. The first-order valence-corrected chi connectivity index (χ1v) is 5.95. The minimum absolute atomic E-state index is 0.130. The molecule has 0 aliphatic heterocycles. The summed E-state index contributed by atoms with van der Waals surface area (Å²) >= 11 is 7.00. The molecule has 0 bridgehead atoms. The number of fused-ring (bicyclic) bond motifs is 1. The number of thiophene rings is 1. The Morgan fingerprint density at radius 1 is 1.42 bits per heavy atom. The van der Waals surface area contributed by atoms with Gasteiger partial charge in [-0.1, -0.05) is 0 Å². The lowest BCUT2D eigenvalue weighted by Crippen LogP contribution is -1.74. The maximum atomic E-state index is 13.1. The third-order valence-electron chi connectivity index (χ3n) is 1.55. The van der Waals surface area contributed by atoms with Gasteiger partial charge >= 0.3 is 0 Å². The zero-order valence-corrected chi connectivity index (χ0v) is 10.3. The van der Waals surface area contributed by atoms with Crippen LogP contribution in [0.4, 0.5) is 4.39 Å². The molecule has 1 heterocycles. The number of benzene rings is 1. The molecule has 0 N–H and O–H groups in total. The van der Waals surface area contributed by atoms with Gasteiger partial charge in [-0.25, -0.2) is 4.39 Å². The van der Waals surface area contributed by atoms with Crippen LogP contribution in [0.15, 0.2) is 22.0 Å². The van der Waals surface area contributed by atoms with Crippen LogP contribution in [-0.4, -0.2) is 0 Å². The molecule has 2 aromatic rings. The van der Waals surface area contributed by atoms with Crippen molar-refractivity contribution in [2.24, 2.45) is 0 Å². The van der Waals surface area contributed by atoms with Crippen LogP contribution in [0, 0.1) is 9.39 Å². The van der Waals surface area contributed by atoms with E-state index >= 15 is 0 Å². The van der Waals surface area contributed by atoms with E-state index in [-0.39, 0.29) is 5.82 Å². The molecule has 62 valence electrons. The molecular weight excluding hydrogens is 354 g/mol. The molecule has 0 aliphatic carbocycles. The second-order valence-electron chi connectivity index (χ2n) is 2.35. The maximum Gasteiger partial charge on any atom is 0.141 e. The van der Waals surface area contributed by atoms with Crippen LogP contribution >= 0.6 is 49.9 Å². The zero-order chi connectivity index (χ0) is 8.72. The van der Waals surface area contributed by atoms with Crippen molar-refractivity contribution < 1.29 is 4.39 Å². The molecule has 0 radical (unpaired) electrons. The summed E-state index contributed by atoms with van der Waals surface area (Å²) in [4.78, 5) is 0. The normalized spacial score (nSPS) is 10.9. The van der Waals surface area contributed by atoms with Crippen LogP contribution in [0.5, 0.6) is 0 Å². The molecule has 0 aliphatic rings. The fourth-order valence-corrected chi connectivity index (χ4v) is 3.63. The maximum absolute atomic E-state index is 13.1. The molecule has 12 heavy (non-hydrogen) atoms. The lowest BCUT2D eigenvalue weighted by Gasteiger charge is -1.95. The fraction of sp³-hybridized carbons (Fsp3) is 0. The van der Waals surface area contributed by atoms with E-state index in [1.165, 1.54) is 16.7 Å². The van der Waals surface area contributed by atoms with Gasteiger partial charge in [0, 0.05) is 18.8 Å². The Kier molecular flexibility index (Phi) is 2.39. The van der Waals surface area contributed by atoms with Gasteiger partial charge in [-0.15, -0.1) is 11.3 Å². The zero-order valence-electron chi connectivity index (χ0n) is 5.77. The van der Waals surface area contributed by atoms with E-state index in [1.54, 1.807) is 0 Å². The average Bonchev–Trinajstić information content (AvgIpc) is 2.33. The largest absolute Gasteiger partial charge is 0.205 e. The summed E-state index contributed by atoms with van der Waals surface area (Å²) in [5, 5.41) is 2.24. The molecule has 0 amide bonds. The lowest BCUT2D eigenvalue weighted by molar-refractivity contribution is 0.644. The van der Waals surface area contributed by atoms with E-state index in [4.69, 9.17) is 0 Å². The summed E-state index contributed by atoms with van der Waals surface area (Å²) in [6, 6.07) is 3.84. The first kappa shape index (κ1) is 8.90. The summed E-state index contributed by atoms with van der Waals surface area (Å²) in [5.41, 5.74) is 0. The second kappa shape index (κ2) is 3.23. The summed E-state index contributed by atoms with van der Waals surface area (Å²) in [6.45, 7) is 0. The van der Waals surface area contributed by atoms with E-state index in [0.717, 1.165) is 12.7 Å². The van der Waals surface area contributed by atoms with Gasteiger partial charge in [0.2, 0.25) is 0 Å². The summed E-state index contributed by atoms with van der Waals surface area (Å²) in [6.07, 6.45) is 0. The molecule has 4 heteroatoms. The quantitative estimate of drug-likeness (QED) is 0.613. The molecule has 0 saturated carbocycles. The average molecular weight is 357 g/mol. The Hall–Kier alpha value is 0.320. The third-order valence-corrected chi connectivity index (χ3v) is 4.06. The molecule has 0 nitrogen and oxygen atoms in total. The molecule has 0 saturated heterocycles. The van der Waals surface area contributed by atoms with Crippen molar-refractivity contribution >= 4 is 59.9 Å². The van der Waals surface area contributed by atoms with Crippen LogP contribution in [-0.2, 0) is 0 Å². The van der Waals surface area contributed by atoms with Crippen molar-refractivity contribution in [2.45, 2.75) is 0 Å². The van der Waals surface area contributed by atoms with Crippen LogP contribution < -0.4 is 0 Å². The van der Waals surface area contributed by atoms with Gasteiger partial charge in [0.15, 0.2) is 0 Å². The van der Waals surface area contributed by atoms with Crippen molar-refractivity contribution in [1.82, 2.24) is 0 Å². The minimum atomic E-state index is -0.130. The minimum Gasteiger partial charge on any atom is -0.205 e. The van der Waals surface area contributed by atoms with E-state index in [1.807, 2.05) is 12.1 Å². The molecule has 2 rings (SSSR count). The summed E-state index contributed by atoms with van der Waals surface area (Å²) < 4.78 is 16.1. The Morgan fingerprint density at radius 3 is 2.92 bits per heavy atom. The predicted molar refractivity (Wildman–Crippen MR) is 62.2 cm³/mol. The van der Waals surface area contributed by atoms with Crippen molar-refractivity contribution in [3.05, 3.63) is 31.4 Å². The highest BCUT2D eigenvalue weighted by molar-refractivity contribution is 14.1. The number of hydrogen-bond acceptors (Lipinski definition) is 1. The Morgan fingerprint density at radius 2 is 2.17 bits per heavy atom. The molecule has 0 unspecified atom stereocenters. The SMILES string of the molecule is Fc1csc2c(Br)cc(I)cc12. The van der Waals surface area contributed by atoms with Crippen LogP contribution in [0.3, 0.4) is 0 Å². The lowest BCUT2D eigenvalue weighted by atomic mass is 10.3. The molecule has 1 aromatic carbocycles. The molecular formula is C8H3BrFIS. The topological polar surface area (TPSA) is 0 Å². The van der Waals surface area contributed by atoms with Gasteiger partial charge in [-0.05, 0) is 50.7 Å². The first-order chi connectivity index (χ1) is 5.68. The first-order valence-electron chi connectivity index (χ1n) is 3.20. The molecule has 0 spiro atoms. The van der Waals surface area contributed by atoms with Crippen LogP contribution in [0.25, 0.3) is 10.1 Å². The number of rotatable bonds is 0. The highest BCUT2D eigenvalue weighted by Crippen LogP contribution is 2.32. The highest BCUT2D eigenvalue weighted by atomic mass is 127. The molecule has 0 fully saturated rings. The van der Waals surface area contributed by atoms with E-state index in [2.05, 4.69) is 38.5 Å². The van der Waals surface area contributed by atoms with Crippen molar-refractivity contribution in [3.8, 4) is 0 Å². The van der Waals surface area contributed by atoms with Crippen molar-refractivity contribution in [1.29, 1.82) is 0 Å². The van der Waals surface area contributed by atoms with E-state index in [9.17, 15) is 4.39 Å². The smallest absolute Gasteiger partial charge is 0.141 e. The predicted octanol–water partition coefficient (Wildman–Crippen LogP) is 4.41. The number of halogens is 3. The monoisotopic (exact) mass is 356 g/mol. The van der Waals surface area contributed by atoms with Crippen molar-refractivity contribution in [3.63, 3.8) is 0 Å². The second-order valence-corrected chi connectivity index (χ2v) is 5.33. The van der Waals surface area contributed by atoms with Gasteiger partial charge in [0.25, 0.3) is 0 Å². The van der Waals surface area contributed by atoms with Crippen LogP contribution in [0.2, 0.25) is 0 Å². The van der Waals surface area contributed by atoms with Gasteiger partial charge in [0.1, 0.15) is 5.82 Å². The van der Waals surface area contributed by atoms with E-state index in [0.29, 0.717) is 5.39 Å². The van der Waals surface area contributed by atoms with E-state index < -0.39 is 0 Å². The van der Waals surface area contributed by atoms with Gasteiger partial charge < -0.3 is 0 Å². The third kappa shape index (κ3) is 1.40. The number of hydrogen-bond donors (Lipinski definition) is 0.